The standard InChI is InChI=1S/C15H28N4O7/c1-6(2)11(14(24)17-7(3)15(25)26)19-12(22)9(5-20)18-13(23)10(16)8(4)21/h6-11,20-21H,5,16H2,1-4H3,(H,17,24)(H,18,23)(H,19,22)(H,25,26). The van der Waals surface area contributed by atoms with Crippen LogP contribution in [0.1, 0.15) is 27.7 Å². The van der Waals surface area contributed by atoms with E-state index in [9.17, 15) is 29.4 Å². The molecule has 0 rings (SSSR count). The Morgan fingerprint density at radius 2 is 1.46 bits per heavy atom. The van der Waals surface area contributed by atoms with E-state index in [2.05, 4.69) is 16.0 Å². The Balaban J connectivity index is 5.03. The Kier molecular flexibility index (Phi) is 9.76. The van der Waals surface area contributed by atoms with Crippen LogP contribution in [-0.2, 0) is 19.2 Å². The summed E-state index contributed by atoms with van der Waals surface area (Å²) in [6, 6.07) is -4.92. The van der Waals surface area contributed by atoms with Crippen molar-refractivity contribution in [1.29, 1.82) is 0 Å². The van der Waals surface area contributed by atoms with Crippen molar-refractivity contribution in [3.05, 3.63) is 0 Å². The van der Waals surface area contributed by atoms with Gasteiger partial charge < -0.3 is 37.0 Å². The fraction of sp³-hybridized carbons (Fsp3) is 0.733. The average Bonchev–Trinajstić information content (AvgIpc) is 2.55. The maximum atomic E-state index is 12.3. The van der Waals surface area contributed by atoms with Crippen LogP contribution in [0.3, 0.4) is 0 Å². The highest BCUT2D eigenvalue weighted by Crippen LogP contribution is 2.04. The van der Waals surface area contributed by atoms with Crippen molar-refractivity contribution in [3.63, 3.8) is 0 Å². The molecule has 0 fully saturated rings. The van der Waals surface area contributed by atoms with Crippen molar-refractivity contribution >= 4 is 23.7 Å². The van der Waals surface area contributed by atoms with Crippen LogP contribution in [0.4, 0.5) is 0 Å². The second-order valence-electron chi connectivity index (χ2n) is 6.31. The van der Waals surface area contributed by atoms with Gasteiger partial charge in [-0.1, -0.05) is 13.8 Å². The molecule has 0 aliphatic carbocycles. The summed E-state index contributed by atoms with van der Waals surface area (Å²) in [5, 5.41) is 34.2. The number of hydrogen-bond donors (Lipinski definition) is 7. The van der Waals surface area contributed by atoms with Crippen molar-refractivity contribution < 1.29 is 34.5 Å². The number of nitrogens with two attached hydrogens (primary N) is 1. The number of carbonyl (C=O) groups is 4. The summed E-state index contributed by atoms with van der Waals surface area (Å²) >= 11 is 0. The number of aliphatic hydroxyl groups excluding tert-OH is 2. The molecule has 0 aromatic rings. The first kappa shape index (κ1) is 23.8. The van der Waals surface area contributed by atoms with Gasteiger partial charge in [-0.15, -0.1) is 0 Å². The number of rotatable bonds is 10. The topological polar surface area (TPSA) is 191 Å². The minimum absolute atomic E-state index is 0.394. The SMILES string of the molecule is CC(NC(=O)C(NC(=O)C(CO)NC(=O)C(N)C(C)O)C(C)C)C(=O)O. The highest BCUT2D eigenvalue weighted by Gasteiger charge is 2.31. The monoisotopic (exact) mass is 376 g/mol. The van der Waals surface area contributed by atoms with E-state index in [4.69, 9.17) is 10.8 Å². The van der Waals surface area contributed by atoms with Crippen LogP contribution in [0.15, 0.2) is 0 Å². The lowest BCUT2D eigenvalue weighted by atomic mass is 10.0. The van der Waals surface area contributed by atoms with Crippen LogP contribution in [0.5, 0.6) is 0 Å². The molecule has 26 heavy (non-hydrogen) atoms. The van der Waals surface area contributed by atoms with E-state index in [1.54, 1.807) is 13.8 Å². The molecule has 0 radical (unpaired) electrons. The minimum atomic E-state index is -1.39. The fourth-order valence-electron chi connectivity index (χ4n) is 1.83. The molecule has 5 atom stereocenters. The van der Waals surface area contributed by atoms with Gasteiger partial charge in [-0.2, -0.15) is 0 Å². The van der Waals surface area contributed by atoms with Crippen molar-refractivity contribution in [3.8, 4) is 0 Å². The summed E-state index contributed by atoms with van der Waals surface area (Å²) < 4.78 is 0. The Labute approximate surface area is 151 Å². The van der Waals surface area contributed by atoms with E-state index >= 15 is 0 Å². The quantitative estimate of drug-likeness (QED) is 0.208. The number of hydrogen-bond acceptors (Lipinski definition) is 7. The van der Waals surface area contributed by atoms with Gasteiger partial charge in [0.2, 0.25) is 17.7 Å². The number of carboxylic acid groups (broad SMARTS) is 1. The van der Waals surface area contributed by atoms with E-state index < -0.39 is 66.5 Å². The molecular formula is C15H28N4O7. The van der Waals surface area contributed by atoms with Crippen LogP contribution < -0.4 is 21.7 Å². The normalized spacial score (nSPS) is 16.8. The van der Waals surface area contributed by atoms with Crippen LogP contribution in [0.2, 0.25) is 0 Å². The number of carboxylic acids is 1. The summed E-state index contributed by atoms with van der Waals surface area (Å²) in [5.74, 6) is -4.05. The van der Waals surface area contributed by atoms with Gasteiger partial charge in [0, 0.05) is 0 Å². The van der Waals surface area contributed by atoms with Gasteiger partial charge in [-0.25, -0.2) is 0 Å². The van der Waals surface area contributed by atoms with Crippen LogP contribution >= 0.6 is 0 Å². The zero-order valence-electron chi connectivity index (χ0n) is 15.2. The predicted octanol–water partition coefficient (Wildman–Crippen LogP) is -3.10. The first-order chi connectivity index (χ1) is 11.9. The summed E-state index contributed by atoms with van der Waals surface area (Å²) in [4.78, 5) is 47.1. The van der Waals surface area contributed by atoms with Crippen molar-refractivity contribution in [1.82, 2.24) is 16.0 Å². The third-order valence-corrected chi connectivity index (χ3v) is 3.61. The molecule has 0 aromatic carbocycles. The lowest BCUT2D eigenvalue weighted by Crippen LogP contribution is -2.59. The van der Waals surface area contributed by atoms with E-state index in [0.717, 1.165) is 0 Å². The molecule has 8 N–H and O–H groups in total. The number of carbonyl (C=O) groups excluding carboxylic acids is 3. The van der Waals surface area contributed by atoms with Gasteiger partial charge >= 0.3 is 5.97 Å². The first-order valence-corrected chi connectivity index (χ1v) is 8.10. The molecule has 11 heteroatoms. The second kappa shape index (κ2) is 10.7. The number of aliphatic carboxylic acids is 1. The maximum absolute atomic E-state index is 12.3. The Bertz CT molecular complexity index is 524. The average molecular weight is 376 g/mol. The molecule has 3 amide bonds. The van der Waals surface area contributed by atoms with Crippen molar-refractivity contribution in [2.24, 2.45) is 11.7 Å². The molecule has 150 valence electrons. The largest absolute Gasteiger partial charge is 0.480 e. The highest BCUT2D eigenvalue weighted by atomic mass is 16.4. The van der Waals surface area contributed by atoms with Gasteiger partial charge in [-0.3, -0.25) is 19.2 Å². The van der Waals surface area contributed by atoms with E-state index in [1.165, 1.54) is 13.8 Å². The van der Waals surface area contributed by atoms with Gasteiger partial charge in [-0.05, 0) is 19.8 Å². The molecule has 0 saturated carbocycles. The molecule has 0 saturated heterocycles. The summed E-state index contributed by atoms with van der Waals surface area (Å²) in [5.41, 5.74) is 5.45. The Hall–Kier alpha value is -2.24. The minimum Gasteiger partial charge on any atom is -0.480 e. The summed E-state index contributed by atoms with van der Waals surface area (Å²) in [6.45, 7) is 5.06. The summed E-state index contributed by atoms with van der Waals surface area (Å²) in [7, 11) is 0. The lowest BCUT2D eigenvalue weighted by molar-refractivity contribution is -0.142. The van der Waals surface area contributed by atoms with Crippen LogP contribution in [0.25, 0.3) is 0 Å². The maximum Gasteiger partial charge on any atom is 0.325 e. The van der Waals surface area contributed by atoms with Gasteiger partial charge in [0.05, 0.1) is 12.7 Å². The first-order valence-electron chi connectivity index (χ1n) is 8.10. The fourth-order valence-corrected chi connectivity index (χ4v) is 1.83. The van der Waals surface area contributed by atoms with Gasteiger partial charge in [0.1, 0.15) is 24.2 Å². The smallest absolute Gasteiger partial charge is 0.325 e. The van der Waals surface area contributed by atoms with E-state index in [1.807, 2.05) is 0 Å². The number of nitrogens with one attached hydrogen (secondary N) is 3. The van der Waals surface area contributed by atoms with Gasteiger partial charge in [0.25, 0.3) is 0 Å². The molecule has 0 heterocycles. The van der Waals surface area contributed by atoms with Crippen LogP contribution in [-0.4, -0.2) is 75.9 Å². The lowest BCUT2D eigenvalue weighted by Gasteiger charge is -2.26. The third-order valence-electron chi connectivity index (χ3n) is 3.61. The third kappa shape index (κ3) is 7.33. The molecule has 0 aromatic heterocycles. The molecule has 0 aliphatic heterocycles. The van der Waals surface area contributed by atoms with Gasteiger partial charge in [0.15, 0.2) is 0 Å². The molecular weight excluding hydrogens is 348 g/mol. The predicted molar refractivity (Wildman–Crippen MR) is 90.7 cm³/mol. The number of aliphatic hydroxyl groups is 2. The molecule has 0 spiro atoms. The molecule has 11 nitrogen and oxygen atoms in total. The van der Waals surface area contributed by atoms with E-state index in [0.29, 0.717) is 0 Å². The van der Waals surface area contributed by atoms with E-state index in [-0.39, 0.29) is 0 Å². The highest BCUT2D eigenvalue weighted by molar-refractivity contribution is 5.94. The Morgan fingerprint density at radius 1 is 0.923 bits per heavy atom. The zero-order valence-corrected chi connectivity index (χ0v) is 15.2. The second-order valence-corrected chi connectivity index (χ2v) is 6.31. The van der Waals surface area contributed by atoms with Crippen molar-refractivity contribution in [2.75, 3.05) is 6.61 Å². The molecule has 5 unspecified atom stereocenters. The van der Waals surface area contributed by atoms with Crippen LogP contribution in [0, 0.1) is 5.92 Å². The Morgan fingerprint density at radius 3 is 1.85 bits per heavy atom. The summed E-state index contributed by atoms with van der Waals surface area (Å²) in [6.07, 6.45) is -1.16. The molecule has 0 aliphatic rings. The van der Waals surface area contributed by atoms with Crippen molar-refractivity contribution in [2.45, 2.75) is 58.0 Å². The number of amides is 3. The molecule has 0 bridgehead atoms. The zero-order chi connectivity index (χ0) is 20.6.